The van der Waals surface area contributed by atoms with Gasteiger partial charge in [0.25, 0.3) is 0 Å². The van der Waals surface area contributed by atoms with Crippen molar-refractivity contribution in [3.05, 3.63) is 65.3 Å². The molecule has 1 unspecified atom stereocenters. The zero-order valence-corrected chi connectivity index (χ0v) is 11.1. The van der Waals surface area contributed by atoms with Crippen LogP contribution in [0.25, 0.3) is 11.6 Å². The van der Waals surface area contributed by atoms with Crippen molar-refractivity contribution >= 4 is 11.6 Å². The first-order valence-corrected chi connectivity index (χ1v) is 6.65. The smallest absolute Gasteiger partial charge is 0.129 e. The number of furan rings is 2. The Hall–Kier alpha value is -2.49. The van der Waals surface area contributed by atoms with E-state index >= 15 is 0 Å². The van der Waals surface area contributed by atoms with Crippen LogP contribution in [0.4, 0.5) is 0 Å². The van der Waals surface area contributed by atoms with Crippen molar-refractivity contribution in [2.24, 2.45) is 0 Å². The van der Waals surface area contributed by atoms with Gasteiger partial charge in [-0.1, -0.05) is 0 Å². The van der Waals surface area contributed by atoms with Gasteiger partial charge in [0.05, 0.1) is 24.1 Å². The van der Waals surface area contributed by atoms with Crippen LogP contribution in [0.5, 0.6) is 0 Å². The van der Waals surface area contributed by atoms with Crippen molar-refractivity contribution < 1.29 is 8.83 Å². The topological polar surface area (TPSA) is 55.0 Å². The number of hydrogen-bond acceptors (Lipinski definition) is 3. The van der Waals surface area contributed by atoms with Crippen LogP contribution in [-0.2, 0) is 0 Å². The lowest BCUT2D eigenvalue weighted by molar-refractivity contribution is 0.483. The number of allylic oxidation sites excluding steroid dienone is 1. The van der Waals surface area contributed by atoms with E-state index in [4.69, 9.17) is 8.83 Å². The fraction of sp³-hybridized carbons (Fsp3) is 0.188. The lowest BCUT2D eigenvalue weighted by Crippen LogP contribution is -2.08. The Bertz CT molecular complexity index is 749. The number of aromatic amines is 1. The fourth-order valence-electron chi connectivity index (χ4n) is 2.92. The average molecular weight is 266 g/mol. The molecule has 0 amide bonds. The third-order valence-corrected chi connectivity index (χ3v) is 3.83. The monoisotopic (exact) mass is 266 g/mol. The first-order valence-electron chi connectivity index (χ1n) is 6.65. The van der Waals surface area contributed by atoms with Gasteiger partial charge in [-0.05, 0) is 49.3 Å². The maximum atomic E-state index is 5.62. The van der Waals surface area contributed by atoms with Gasteiger partial charge in [-0.2, -0.15) is 5.10 Å². The number of rotatable bonds is 2. The van der Waals surface area contributed by atoms with Gasteiger partial charge >= 0.3 is 0 Å². The van der Waals surface area contributed by atoms with Crippen LogP contribution in [0.2, 0.25) is 0 Å². The summed E-state index contributed by atoms with van der Waals surface area (Å²) in [7, 11) is 0. The molecular formula is C16H14N2O2. The molecule has 1 N–H and O–H groups in total. The summed E-state index contributed by atoms with van der Waals surface area (Å²) in [6.45, 7) is 2.05. The number of nitrogens with zero attached hydrogens (tertiary/aromatic N) is 1. The summed E-state index contributed by atoms with van der Waals surface area (Å²) in [6.07, 6.45) is 6.37. The van der Waals surface area contributed by atoms with Gasteiger partial charge in [-0.25, -0.2) is 0 Å². The molecule has 0 fully saturated rings. The molecule has 0 saturated heterocycles. The molecule has 3 aromatic rings. The molecule has 4 rings (SSSR count). The highest BCUT2D eigenvalue weighted by Gasteiger charge is 2.29. The highest BCUT2D eigenvalue weighted by Crippen LogP contribution is 2.42. The number of H-pyrrole nitrogens is 1. The van der Waals surface area contributed by atoms with Crippen LogP contribution in [0, 0.1) is 6.92 Å². The minimum absolute atomic E-state index is 0.184. The Balaban J connectivity index is 1.86. The lowest BCUT2D eigenvalue weighted by atomic mass is 9.83. The second kappa shape index (κ2) is 4.27. The second-order valence-electron chi connectivity index (χ2n) is 5.07. The standard InChI is InChI=1S/C16H14N2O2/c1-10-16-12(15-5-3-7-20-15)8-11(9-13(16)18-17-10)14-4-2-6-19-14/h2-7,9,12H,8H2,1H3,(H,17,18). The number of aromatic nitrogens is 2. The molecule has 0 bridgehead atoms. The van der Waals surface area contributed by atoms with E-state index < -0.39 is 0 Å². The maximum absolute atomic E-state index is 5.62. The summed E-state index contributed by atoms with van der Waals surface area (Å²) in [5, 5.41) is 7.46. The van der Waals surface area contributed by atoms with Gasteiger partial charge < -0.3 is 8.83 Å². The van der Waals surface area contributed by atoms with Crippen LogP contribution in [0.1, 0.15) is 40.8 Å². The zero-order chi connectivity index (χ0) is 13.5. The lowest BCUT2D eigenvalue weighted by Gasteiger charge is -2.20. The van der Waals surface area contributed by atoms with Crippen LogP contribution < -0.4 is 0 Å². The molecule has 1 aliphatic rings. The second-order valence-corrected chi connectivity index (χ2v) is 5.07. The largest absolute Gasteiger partial charge is 0.469 e. The molecule has 4 nitrogen and oxygen atoms in total. The third kappa shape index (κ3) is 1.65. The number of nitrogens with one attached hydrogen (secondary N) is 1. The SMILES string of the molecule is Cc1[nH]nc2c1C(c1ccco1)CC(c1ccco1)=C2. The van der Waals surface area contributed by atoms with Crippen molar-refractivity contribution in [1.29, 1.82) is 0 Å². The van der Waals surface area contributed by atoms with Gasteiger partial charge in [0.2, 0.25) is 0 Å². The maximum Gasteiger partial charge on any atom is 0.129 e. The van der Waals surface area contributed by atoms with Crippen molar-refractivity contribution in [3.63, 3.8) is 0 Å². The molecule has 100 valence electrons. The first-order chi connectivity index (χ1) is 9.83. The van der Waals surface area contributed by atoms with E-state index in [9.17, 15) is 0 Å². The number of aryl methyl sites for hydroxylation is 1. The number of fused-ring (bicyclic) bond motifs is 1. The molecule has 3 aromatic heterocycles. The summed E-state index contributed by atoms with van der Waals surface area (Å²) in [6, 6.07) is 7.83. The molecule has 0 aliphatic heterocycles. The summed E-state index contributed by atoms with van der Waals surface area (Å²) < 4.78 is 11.1. The Morgan fingerprint density at radius 3 is 2.80 bits per heavy atom. The van der Waals surface area contributed by atoms with E-state index in [0.29, 0.717) is 0 Å². The first kappa shape index (κ1) is 11.3. The Kier molecular flexibility index (Phi) is 2.42. The Morgan fingerprint density at radius 1 is 1.20 bits per heavy atom. The minimum atomic E-state index is 0.184. The number of hydrogen-bond donors (Lipinski definition) is 1. The van der Waals surface area contributed by atoms with E-state index in [2.05, 4.69) is 16.3 Å². The Labute approximate surface area is 116 Å². The van der Waals surface area contributed by atoms with Gasteiger partial charge in [-0.3, -0.25) is 5.10 Å². The third-order valence-electron chi connectivity index (χ3n) is 3.83. The molecule has 20 heavy (non-hydrogen) atoms. The molecule has 1 atom stereocenters. The summed E-state index contributed by atoms with van der Waals surface area (Å²) >= 11 is 0. The minimum Gasteiger partial charge on any atom is -0.469 e. The molecule has 1 aliphatic carbocycles. The predicted molar refractivity (Wildman–Crippen MR) is 75.1 cm³/mol. The predicted octanol–water partition coefficient (Wildman–Crippen LogP) is 3.98. The zero-order valence-electron chi connectivity index (χ0n) is 11.1. The van der Waals surface area contributed by atoms with Crippen molar-refractivity contribution in [2.45, 2.75) is 19.3 Å². The average Bonchev–Trinajstić information content (AvgIpc) is 3.20. The molecule has 0 aromatic carbocycles. The highest BCUT2D eigenvalue weighted by molar-refractivity contribution is 5.83. The van der Waals surface area contributed by atoms with Crippen molar-refractivity contribution in [2.75, 3.05) is 0 Å². The summed E-state index contributed by atoms with van der Waals surface area (Å²) in [5.41, 5.74) is 4.43. The normalized spacial score (nSPS) is 17.9. The van der Waals surface area contributed by atoms with Crippen molar-refractivity contribution in [3.8, 4) is 0 Å². The van der Waals surface area contributed by atoms with Crippen LogP contribution in [0.15, 0.2) is 45.6 Å². The fourth-order valence-corrected chi connectivity index (χ4v) is 2.92. The molecule has 0 saturated carbocycles. The van der Waals surface area contributed by atoms with Gasteiger partial charge in [-0.15, -0.1) is 0 Å². The molecule has 0 radical (unpaired) electrons. The van der Waals surface area contributed by atoms with Gasteiger partial charge in [0.1, 0.15) is 11.5 Å². The molecule has 0 spiro atoms. The van der Waals surface area contributed by atoms with Crippen LogP contribution >= 0.6 is 0 Å². The summed E-state index contributed by atoms with van der Waals surface area (Å²) in [5.74, 6) is 2.05. The molecular weight excluding hydrogens is 252 g/mol. The molecule has 3 heterocycles. The van der Waals surface area contributed by atoms with Gasteiger partial charge in [0, 0.05) is 11.3 Å². The quantitative estimate of drug-likeness (QED) is 0.763. The Morgan fingerprint density at radius 2 is 2.05 bits per heavy atom. The van der Waals surface area contributed by atoms with E-state index in [-0.39, 0.29) is 5.92 Å². The van der Waals surface area contributed by atoms with Crippen LogP contribution in [0.3, 0.4) is 0 Å². The van der Waals surface area contributed by atoms with E-state index in [1.54, 1.807) is 12.5 Å². The summed E-state index contributed by atoms with van der Waals surface area (Å²) in [4.78, 5) is 0. The van der Waals surface area contributed by atoms with E-state index in [0.717, 1.165) is 34.9 Å². The van der Waals surface area contributed by atoms with Gasteiger partial charge in [0.15, 0.2) is 0 Å². The molecule has 4 heteroatoms. The highest BCUT2D eigenvalue weighted by atomic mass is 16.3. The van der Waals surface area contributed by atoms with E-state index in [1.807, 2.05) is 31.2 Å². The van der Waals surface area contributed by atoms with E-state index in [1.165, 1.54) is 5.56 Å². The van der Waals surface area contributed by atoms with Crippen molar-refractivity contribution in [1.82, 2.24) is 10.2 Å². The van der Waals surface area contributed by atoms with Crippen LogP contribution in [-0.4, -0.2) is 10.2 Å².